The molecule has 0 saturated carbocycles. The number of fused-ring (bicyclic) bond motifs is 1. The quantitative estimate of drug-likeness (QED) is 0.510. The number of anilines is 1. The van der Waals surface area contributed by atoms with Gasteiger partial charge in [-0.25, -0.2) is 4.98 Å². The summed E-state index contributed by atoms with van der Waals surface area (Å²) in [6.07, 6.45) is 2.17. The van der Waals surface area contributed by atoms with Crippen molar-refractivity contribution < 1.29 is 9.53 Å². The number of thioether (sulfide) groups is 1. The number of aromatic nitrogens is 1. The van der Waals surface area contributed by atoms with Gasteiger partial charge in [-0.2, -0.15) is 0 Å². The van der Waals surface area contributed by atoms with E-state index in [4.69, 9.17) is 9.72 Å². The van der Waals surface area contributed by atoms with Crippen LogP contribution in [-0.4, -0.2) is 35.9 Å². The van der Waals surface area contributed by atoms with E-state index >= 15 is 0 Å². The average molecular weight is 427 g/mol. The molecule has 6 heteroatoms. The summed E-state index contributed by atoms with van der Waals surface area (Å²) in [6, 6.07) is 14.6. The van der Waals surface area contributed by atoms with E-state index in [9.17, 15) is 4.79 Å². The lowest BCUT2D eigenvalue weighted by atomic mass is 10.1. The highest BCUT2D eigenvalue weighted by atomic mass is 32.2. The normalized spacial score (nSPS) is 16.4. The Morgan fingerprint density at radius 3 is 2.79 bits per heavy atom. The summed E-state index contributed by atoms with van der Waals surface area (Å²) in [7, 11) is 0. The molecule has 0 aliphatic carbocycles. The van der Waals surface area contributed by atoms with Gasteiger partial charge < -0.3 is 4.74 Å². The van der Waals surface area contributed by atoms with E-state index in [0.717, 1.165) is 40.5 Å². The number of nitrogens with zero attached hydrogens (tertiary/aromatic N) is 2. The minimum Gasteiger partial charge on any atom is -0.376 e. The van der Waals surface area contributed by atoms with Crippen LogP contribution in [0.4, 0.5) is 5.13 Å². The highest BCUT2D eigenvalue weighted by molar-refractivity contribution is 7.99. The first-order valence-corrected chi connectivity index (χ1v) is 12.0. The van der Waals surface area contributed by atoms with Gasteiger partial charge in [0, 0.05) is 12.4 Å². The molecular weight excluding hydrogens is 400 g/mol. The molecule has 0 spiro atoms. The van der Waals surface area contributed by atoms with Crippen LogP contribution in [0.25, 0.3) is 10.2 Å². The van der Waals surface area contributed by atoms with E-state index < -0.39 is 0 Å². The van der Waals surface area contributed by atoms with Crippen LogP contribution < -0.4 is 4.90 Å². The van der Waals surface area contributed by atoms with Crippen LogP contribution in [-0.2, 0) is 15.3 Å². The van der Waals surface area contributed by atoms with Crippen molar-refractivity contribution in [2.45, 2.75) is 38.5 Å². The lowest BCUT2D eigenvalue weighted by Gasteiger charge is -2.23. The molecule has 1 amide bonds. The van der Waals surface area contributed by atoms with E-state index in [2.05, 4.69) is 38.1 Å². The van der Waals surface area contributed by atoms with Gasteiger partial charge in [-0.3, -0.25) is 9.69 Å². The maximum Gasteiger partial charge on any atom is 0.238 e. The van der Waals surface area contributed by atoms with E-state index in [1.807, 2.05) is 23.1 Å². The molecule has 0 N–H and O–H groups in total. The lowest BCUT2D eigenvalue weighted by Crippen LogP contribution is -2.38. The first-order valence-electron chi connectivity index (χ1n) is 10.0. The highest BCUT2D eigenvalue weighted by Crippen LogP contribution is 2.32. The topological polar surface area (TPSA) is 42.4 Å². The summed E-state index contributed by atoms with van der Waals surface area (Å²) in [6.45, 7) is 5.59. The Labute approximate surface area is 180 Å². The number of hydrogen-bond acceptors (Lipinski definition) is 5. The smallest absolute Gasteiger partial charge is 0.238 e. The second-order valence-electron chi connectivity index (χ2n) is 7.52. The van der Waals surface area contributed by atoms with Gasteiger partial charge in [0.05, 0.1) is 28.6 Å². The van der Waals surface area contributed by atoms with Gasteiger partial charge in [0.15, 0.2) is 5.13 Å². The average Bonchev–Trinajstić information content (AvgIpc) is 3.37. The van der Waals surface area contributed by atoms with Crippen molar-refractivity contribution in [3.05, 3.63) is 59.2 Å². The third-order valence-corrected chi connectivity index (χ3v) is 7.30. The van der Waals surface area contributed by atoms with Gasteiger partial charge in [0.2, 0.25) is 5.91 Å². The Bertz CT molecular complexity index is 942. The van der Waals surface area contributed by atoms with Crippen LogP contribution in [0.1, 0.15) is 29.5 Å². The second kappa shape index (κ2) is 9.28. The summed E-state index contributed by atoms with van der Waals surface area (Å²) < 4.78 is 6.95. The molecule has 1 saturated heterocycles. The summed E-state index contributed by atoms with van der Waals surface area (Å²) in [5.74, 6) is 1.38. The number of thiazole rings is 1. The standard InChI is InChI=1S/C23H26N2O2S2/c1-16-11-20-21(12-17(16)2)29-23(24-20)25(13-19-9-6-10-27-19)22(26)15-28-14-18-7-4-3-5-8-18/h3-5,7-8,11-12,19H,6,9-10,13-15H2,1-2H3. The fraction of sp³-hybridized carbons (Fsp3) is 0.391. The largest absolute Gasteiger partial charge is 0.376 e. The Kier molecular flexibility index (Phi) is 6.53. The molecule has 1 aromatic heterocycles. The van der Waals surface area contributed by atoms with Gasteiger partial charge in [-0.05, 0) is 55.5 Å². The van der Waals surface area contributed by atoms with Crippen molar-refractivity contribution in [2.75, 3.05) is 23.8 Å². The number of hydrogen-bond donors (Lipinski definition) is 0. The molecule has 152 valence electrons. The van der Waals surface area contributed by atoms with Crippen LogP contribution in [0.3, 0.4) is 0 Å². The van der Waals surface area contributed by atoms with Gasteiger partial charge in [-0.1, -0.05) is 41.7 Å². The lowest BCUT2D eigenvalue weighted by molar-refractivity contribution is -0.116. The van der Waals surface area contributed by atoms with Crippen molar-refractivity contribution in [2.24, 2.45) is 0 Å². The van der Waals surface area contributed by atoms with Gasteiger partial charge in [0.1, 0.15) is 0 Å². The van der Waals surface area contributed by atoms with Gasteiger partial charge >= 0.3 is 0 Å². The molecule has 0 radical (unpaired) electrons. The molecule has 4 rings (SSSR count). The number of carbonyl (C=O) groups excluding carboxylic acids is 1. The number of rotatable bonds is 7. The number of aryl methyl sites for hydroxylation is 2. The fourth-order valence-electron chi connectivity index (χ4n) is 3.47. The van der Waals surface area contributed by atoms with E-state index in [-0.39, 0.29) is 12.0 Å². The molecule has 29 heavy (non-hydrogen) atoms. The van der Waals surface area contributed by atoms with E-state index in [1.165, 1.54) is 16.7 Å². The molecular formula is C23H26N2O2S2. The minimum absolute atomic E-state index is 0.105. The third-order valence-electron chi connectivity index (χ3n) is 5.27. The van der Waals surface area contributed by atoms with Crippen molar-refractivity contribution in [1.82, 2.24) is 4.98 Å². The Balaban J connectivity index is 1.51. The third kappa shape index (κ3) is 5.00. The molecule has 3 aromatic rings. The second-order valence-corrected chi connectivity index (χ2v) is 9.51. The summed E-state index contributed by atoms with van der Waals surface area (Å²) in [4.78, 5) is 19.8. The zero-order valence-corrected chi connectivity index (χ0v) is 18.5. The summed E-state index contributed by atoms with van der Waals surface area (Å²) >= 11 is 3.25. The van der Waals surface area contributed by atoms with Gasteiger partial charge in [0.25, 0.3) is 0 Å². The van der Waals surface area contributed by atoms with Crippen molar-refractivity contribution in [3.63, 3.8) is 0 Å². The molecule has 1 unspecified atom stereocenters. The fourth-order valence-corrected chi connectivity index (χ4v) is 5.40. The molecule has 1 fully saturated rings. The predicted molar refractivity (Wildman–Crippen MR) is 123 cm³/mol. The van der Waals surface area contributed by atoms with Crippen LogP contribution >= 0.6 is 23.1 Å². The maximum absolute atomic E-state index is 13.1. The number of benzene rings is 2. The molecule has 1 aliphatic heterocycles. The minimum atomic E-state index is 0.105. The number of amides is 1. The number of carbonyl (C=O) groups is 1. The van der Waals surface area contributed by atoms with Crippen LogP contribution in [0.2, 0.25) is 0 Å². The van der Waals surface area contributed by atoms with Crippen LogP contribution in [0.15, 0.2) is 42.5 Å². The van der Waals surface area contributed by atoms with Crippen LogP contribution in [0.5, 0.6) is 0 Å². The Hall–Kier alpha value is -1.89. The first kappa shape index (κ1) is 20.4. The zero-order chi connectivity index (χ0) is 20.2. The summed E-state index contributed by atoms with van der Waals surface area (Å²) in [5, 5.41) is 0.783. The SMILES string of the molecule is Cc1cc2nc(N(CC3CCCO3)C(=O)CSCc3ccccc3)sc2cc1C. The van der Waals surface area contributed by atoms with Crippen molar-refractivity contribution in [3.8, 4) is 0 Å². The van der Waals surface area contributed by atoms with Gasteiger partial charge in [-0.15, -0.1) is 11.8 Å². The Morgan fingerprint density at radius 1 is 1.24 bits per heavy atom. The molecule has 2 aromatic carbocycles. The Morgan fingerprint density at radius 2 is 2.03 bits per heavy atom. The first-order chi connectivity index (χ1) is 14.1. The molecule has 1 aliphatic rings. The van der Waals surface area contributed by atoms with E-state index in [1.54, 1.807) is 23.1 Å². The zero-order valence-electron chi connectivity index (χ0n) is 16.9. The van der Waals surface area contributed by atoms with E-state index in [0.29, 0.717) is 12.3 Å². The maximum atomic E-state index is 13.1. The summed E-state index contributed by atoms with van der Waals surface area (Å²) in [5.41, 5.74) is 4.69. The molecule has 1 atom stereocenters. The predicted octanol–water partition coefficient (Wildman–Crippen LogP) is 5.36. The molecule has 2 heterocycles. The van der Waals surface area contributed by atoms with Crippen molar-refractivity contribution >= 4 is 44.4 Å². The van der Waals surface area contributed by atoms with Crippen LogP contribution in [0, 0.1) is 13.8 Å². The number of ether oxygens (including phenoxy) is 1. The van der Waals surface area contributed by atoms with Crippen molar-refractivity contribution in [1.29, 1.82) is 0 Å². The monoisotopic (exact) mass is 426 g/mol. The molecule has 0 bridgehead atoms. The highest BCUT2D eigenvalue weighted by Gasteiger charge is 2.26. The molecule has 4 nitrogen and oxygen atoms in total.